The summed E-state index contributed by atoms with van der Waals surface area (Å²) in [6, 6.07) is 6.66. The summed E-state index contributed by atoms with van der Waals surface area (Å²) < 4.78 is 0. The van der Waals surface area contributed by atoms with Gasteiger partial charge in [-0.3, -0.25) is 9.59 Å². The summed E-state index contributed by atoms with van der Waals surface area (Å²) in [6.07, 6.45) is 0. The van der Waals surface area contributed by atoms with Crippen LogP contribution in [-0.4, -0.2) is 18.2 Å². The summed E-state index contributed by atoms with van der Waals surface area (Å²) in [6.45, 7) is 1.45. The number of hydrogen-bond acceptors (Lipinski definition) is 3. The number of ketones is 1. The number of nitrogens with two attached hydrogens (primary N) is 1. The predicted molar refractivity (Wildman–Crippen MR) is 54.1 cm³/mol. The van der Waals surface area contributed by atoms with Crippen molar-refractivity contribution in [3.8, 4) is 0 Å². The molecule has 0 radical (unpaired) electrons. The van der Waals surface area contributed by atoms with E-state index in [4.69, 9.17) is 5.73 Å². The minimum Gasteiger partial charge on any atom is -0.325 e. The van der Waals surface area contributed by atoms with E-state index in [0.717, 1.165) is 0 Å². The highest BCUT2D eigenvalue weighted by Gasteiger charge is 2.00. The Labute approximate surface area is 82.1 Å². The van der Waals surface area contributed by atoms with Crippen molar-refractivity contribution >= 4 is 17.4 Å². The highest BCUT2D eigenvalue weighted by Crippen LogP contribution is 2.09. The summed E-state index contributed by atoms with van der Waals surface area (Å²) in [5, 5.41) is 2.58. The number of rotatable bonds is 3. The molecular weight excluding hydrogens is 180 g/mol. The predicted octanol–water partition coefficient (Wildman–Crippen LogP) is 0.786. The van der Waals surface area contributed by atoms with E-state index in [-0.39, 0.29) is 18.2 Å². The summed E-state index contributed by atoms with van der Waals surface area (Å²) in [4.78, 5) is 21.8. The summed E-state index contributed by atoms with van der Waals surface area (Å²) in [7, 11) is 0. The number of anilines is 1. The second kappa shape index (κ2) is 4.53. The molecule has 4 nitrogen and oxygen atoms in total. The summed E-state index contributed by atoms with van der Waals surface area (Å²) >= 11 is 0. The van der Waals surface area contributed by atoms with E-state index in [1.165, 1.54) is 6.92 Å². The van der Waals surface area contributed by atoms with Gasteiger partial charge in [-0.1, -0.05) is 0 Å². The molecule has 0 aliphatic heterocycles. The van der Waals surface area contributed by atoms with Gasteiger partial charge in [0.15, 0.2) is 5.78 Å². The maximum Gasteiger partial charge on any atom is 0.238 e. The molecule has 0 spiro atoms. The Morgan fingerprint density at radius 3 is 2.29 bits per heavy atom. The van der Waals surface area contributed by atoms with Gasteiger partial charge in [-0.05, 0) is 31.2 Å². The standard InChI is InChI=1S/C10H12N2O2/c1-7(13)8-2-4-9(5-3-8)12-10(14)6-11/h2-5H,6,11H2,1H3,(H,12,14). The molecule has 4 heteroatoms. The molecule has 0 aliphatic rings. The number of amides is 1. The first-order chi connectivity index (χ1) is 6.63. The maximum atomic E-state index is 10.9. The van der Waals surface area contributed by atoms with Crippen molar-refractivity contribution in [1.82, 2.24) is 0 Å². The highest BCUT2D eigenvalue weighted by molar-refractivity contribution is 5.95. The van der Waals surface area contributed by atoms with Crippen LogP contribution in [-0.2, 0) is 4.79 Å². The van der Waals surface area contributed by atoms with E-state index in [1.54, 1.807) is 24.3 Å². The lowest BCUT2D eigenvalue weighted by molar-refractivity contribution is -0.114. The van der Waals surface area contributed by atoms with E-state index in [1.807, 2.05) is 0 Å². The van der Waals surface area contributed by atoms with Crippen molar-refractivity contribution in [3.05, 3.63) is 29.8 Å². The second-order valence-corrected chi connectivity index (χ2v) is 2.89. The third-order valence-electron chi connectivity index (χ3n) is 1.76. The Balaban J connectivity index is 2.73. The van der Waals surface area contributed by atoms with Crippen LogP contribution in [0.4, 0.5) is 5.69 Å². The largest absolute Gasteiger partial charge is 0.325 e. The Morgan fingerprint density at radius 2 is 1.86 bits per heavy atom. The monoisotopic (exact) mass is 192 g/mol. The molecule has 1 aromatic carbocycles. The number of benzene rings is 1. The SMILES string of the molecule is CC(=O)c1ccc(NC(=O)CN)cc1. The molecule has 0 aromatic heterocycles. The average Bonchev–Trinajstić information content (AvgIpc) is 2.18. The molecule has 0 saturated heterocycles. The van der Waals surface area contributed by atoms with Gasteiger partial charge in [0.05, 0.1) is 6.54 Å². The highest BCUT2D eigenvalue weighted by atomic mass is 16.1. The van der Waals surface area contributed by atoms with E-state index >= 15 is 0 Å². The van der Waals surface area contributed by atoms with Crippen LogP contribution in [0.1, 0.15) is 17.3 Å². The van der Waals surface area contributed by atoms with Crippen LogP contribution >= 0.6 is 0 Å². The smallest absolute Gasteiger partial charge is 0.238 e. The Kier molecular flexibility index (Phi) is 3.36. The molecule has 1 aromatic rings. The molecule has 0 heterocycles. The van der Waals surface area contributed by atoms with Crippen molar-refractivity contribution < 1.29 is 9.59 Å². The van der Waals surface area contributed by atoms with Gasteiger partial charge < -0.3 is 11.1 Å². The zero-order valence-electron chi connectivity index (χ0n) is 7.91. The van der Waals surface area contributed by atoms with Gasteiger partial charge in [-0.25, -0.2) is 0 Å². The van der Waals surface area contributed by atoms with Gasteiger partial charge in [0.1, 0.15) is 0 Å². The molecule has 1 rings (SSSR count). The first kappa shape index (κ1) is 10.4. The van der Waals surface area contributed by atoms with Crippen molar-refractivity contribution in [2.24, 2.45) is 5.73 Å². The number of carbonyl (C=O) groups is 2. The first-order valence-electron chi connectivity index (χ1n) is 4.24. The summed E-state index contributed by atoms with van der Waals surface area (Å²) in [5.74, 6) is -0.248. The zero-order chi connectivity index (χ0) is 10.6. The molecule has 74 valence electrons. The fourth-order valence-electron chi connectivity index (χ4n) is 1.00. The van der Waals surface area contributed by atoms with Crippen molar-refractivity contribution in [3.63, 3.8) is 0 Å². The topological polar surface area (TPSA) is 72.2 Å². The van der Waals surface area contributed by atoms with Gasteiger partial charge in [0, 0.05) is 11.3 Å². The van der Waals surface area contributed by atoms with Crippen LogP contribution in [0, 0.1) is 0 Å². The first-order valence-corrected chi connectivity index (χ1v) is 4.24. The van der Waals surface area contributed by atoms with Crippen LogP contribution in [0.15, 0.2) is 24.3 Å². The molecule has 0 atom stereocenters. The lowest BCUT2D eigenvalue weighted by Crippen LogP contribution is -2.21. The molecule has 0 saturated carbocycles. The lowest BCUT2D eigenvalue weighted by atomic mass is 10.1. The van der Waals surface area contributed by atoms with E-state index in [9.17, 15) is 9.59 Å². The molecular formula is C10H12N2O2. The van der Waals surface area contributed by atoms with Crippen LogP contribution in [0.3, 0.4) is 0 Å². The number of carbonyl (C=O) groups excluding carboxylic acids is 2. The molecule has 0 bridgehead atoms. The molecule has 1 amide bonds. The van der Waals surface area contributed by atoms with Gasteiger partial charge >= 0.3 is 0 Å². The van der Waals surface area contributed by atoms with Crippen LogP contribution in [0.2, 0.25) is 0 Å². The van der Waals surface area contributed by atoms with Gasteiger partial charge in [-0.15, -0.1) is 0 Å². The van der Waals surface area contributed by atoms with E-state index < -0.39 is 0 Å². The Hall–Kier alpha value is -1.68. The number of Topliss-reactive ketones (excluding diaryl/α,β-unsaturated/α-hetero) is 1. The lowest BCUT2D eigenvalue weighted by Gasteiger charge is -2.03. The third-order valence-corrected chi connectivity index (χ3v) is 1.76. The molecule has 0 unspecified atom stereocenters. The van der Waals surface area contributed by atoms with Gasteiger partial charge in [-0.2, -0.15) is 0 Å². The molecule has 3 N–H and O–H groups in total. The number of nitrogens with one attached hydrogen (secondary N) is 1. The quantitative estimate of drug-likeness (QED) is 0.695. The average molecular weight is 192 g/mol. The minimum absolute atomic E-state index is 0.00158. The van der Waals surface area contributed by atoms with Crippen molar-refractivity contribution in [2.45, 2.75) is 6.92 Å². The van der Waals surface area contributed by atoms with Crippen LogP contribution in [0.5, 0.6) is 0 Å². The second-order valence-electron chi connectivity index (χ2n) is 2.89. The van der Waals surface area contributed by atoms with Crippen LogP contribution < -0.4 is 11.1 Å². The fraction of sp³-hybridized carbons (Fsp3) is 0.200. The molecule has 14 heavy (non-hydrogen) atoms. The van der Waals surface area contributed by atoms with Crippen molar-refractivity contribution in [1.29, 1.82) is 0 Å². The van der Waals surface area contributed by atoms with Gasteiger partial charge in [0.25, 0.3) is 0 Å². The Morgan fingerprint density at radius 1 is 1.29 bits per heavy atom. The zero-order valence-corrected chi connectivity index (χ0v) is 7.91. The third kappa shape index (κ3) is 2.67. The van der Waals surface area contributed by atoms with E-state index in [2.05, 4.69) is 5.32 Å². The number of hydrogen-bond donors (Lipinski definition) is 2. The Bertz CT molecular complexity index is 344. The summed E-state index contributed by atoms with van der Waals surface area (Å²) in [5.41, 5.74) is 6.40. The molecule has 0 fully saturated rings. The minimum atomic E-state index is -0.249. The maximum absolute atomic E-state index is 10.9. The van der Waals surface area contributed by atoms with Gasteiger partial charge in [0.2, 0.25) is 5.91 Å². The normalized spacial score (nSPS) is 9.57. The molecule has 0 aliphatic carbocycles. The fourth-order valence-corrected chi connectivity index (χ4v) is 1.00. The van der Waals surface area contributed by atoms with E-state index in [0.29, 0.717) is 11.3 Å². The van der Waals surface area contributed by atoms with Crippen LogP contribution in [0.25, 0.3) is 0 Å². The van der Waals surface area contributed by atoms with Crippen molar-refractivity contribution in [2.75, 3.05) is 11.9 Å².